The van der Waals surface area contributed by atoms with Gasteiger partial charge in [0.05, 0.1) is 17.0 Å². The lowest BCUT2D eigenvalue weighted by Gasteiger charge is -2.30. The number of amides is 2. The van der Waals surface area contributed by atoms with E-state index in [4.69, 9.17) is 0 Å². The Kier molecular flexibility index (Phi) is 5.88. The van der Waals surface area contributed by atoms with Gasteiger partial charge >= 0.3 is 6.03 Å². The Morgan fingerprint density at radius 3 is 2.65 bits per heavy atom. The molecule has 1 fully saturated rings. The molecule has 128 valence electrons. The van der Waals surface area contributed by atoms with Crippen LogP contribution in [-0.2, 0) is 0 Å². The van der Waals surface area contributed by atoms with E-state index in [-0.39, 0.29) is 18.5 Å². The van der Waals surface area contributed by atoms with Crippen LogP contribution in [0.1, 0.15) is 40.0 Å². The summed E-state index contributed by atoms with van der Waals surface area (Å²) >= 11 is 0. The Morgan fingerprint density at radius 1 is 1.35 bits per heavy atom. The molecule has 1 aliphatic heterocycles. The van der Waals surface area contributed by atoms with Crippen molar-refractivity contribution in [3.8, 4) is 0 Å². The molecule has 0 aromatic heterocycles. The first-order valence-electron chi connectivity index (χ1n) is 8.55. The highest BCUT2D eigenvalue weighted by Crippen LogP contribution is 2.28. The molecule has 3 N–H and O–H groups in total. The number of hydrogen-bond acceptors (Lipinski definition) is 3. The van der Waals surface area contributed by atoms with Crippen LogP contribution in [0.2, 0.25) is 0 Å². The van der Waals surface area contributed by atoms with Gasteiger partial charge in [0.15, 0.2) is 0 Å². The van der Waals surface area contributed by atoms with Crippen LogP contribution in [0.5, 0.6) is 0 Å². The van der Waals surface area contributed by atoms with Gasteiger partial charge in [0, 0.05) is 19.6 Å². The molecule has 2 rings (SSSR count). The second kappa shape index (κ2) is 7.68. The smallest absolute Gasteiger partial charge is 0.319 e. The van der Waals surface area contributed by atoms with Gasteiger partial charge in [0.25, 0.3) is 0 Å². The summed E-state index contributed by atoms with van der Waals surface area (Å²) in [5.41, 5.74) is 0.976. The van der Waals surface area contributed by atoms with Crippen molar-refractivity contribution >= 4 is 17.4 Å². The molecule has 1 aromatic carbocycles. The summed E-state index contributed by atoms with van der Waals surface area (Å²) in [6.45, 7) is 8.08. The van der Waals surface area contributed by atoms with E-state index in [9.17, 15) is 9.90 Å². The summed E-state index contributed by atoms with van der Waals surface area (Å²) in [7, 11) is 0. The van der Waals surface area contributed by atoms with Crippen molar-refractivity contribution < 1.29 is 9.90 Å². The predicted molar refractivity (Wildman–Crippen MR) is 95.0 cm³/mol. The van der Waals surface area contributed by atoms with Crippen molar-refractivity contribution in [3.05, 3.63) is 24.3 Å². The van der Waals surface area contributed by atoms with Crippen molar-refractivity contribution in [1.29, 1.82) is 0 Å². The fraction of sp³-hybridized carbons (Fsp3) is 0.611. The SMILES string of the molecule is CCC(C)C(C)(O)CNC(=O)Nc1ccccc1N1CCCC1. The number of carbonyl (C=O) groups is 1. The molecule has 2 amide bonds. The second-order valence-electron chi connectivity index (χ2n) is 6.69. The number of nitrogens with zero attached hydrogens (tertiary/aromatic N) is 1. The average molecular weight is 319 g/mol. The molecule has 1 aromatic rings. The van der Waals surface area contributed by atoms with Crippen LogP contribution in [0, 0.1) is 5.92 Å². The molecule has 0 saturated carbocycles. The highest BCUT2D eigenvalue weighted by atomic mass is 16.3. The first-order chi connectivity index (χ1) is 10.9. The van der Waals surface area contributed by atoms with Crippen LogP contribution < -0.4 is 15.5 Å². The molecule has 1 aliphatic rings. The number of nitrogens with one attached hydrogen (secondary N) is 2. The Hall–Kier alpha value is -1.75. The second-order valence-corrected chi connectivity index (χ2v) is 6.69. The zero-order valence-corrected chi connectivity index (χ0v) is 14.4. The standard InChI is InChI=1S/C18H29N3O2/c1-4-14(2)18(3,23)13-19-17(22)20-15-9-5-6-10-16(15)21-11-7-8-12-21/h5-6,9-10,14,23H,4,7-8,11-13H2,1-3H3,(H2,19,20,22). The van der Waals surface area contributed by atoms with Crippen LogP contribution >= 0.6 is 0 Å². The van der Waals surface area contributed by atoms with E-state index in [0.717, 1.165) is 30.9 Å². The molecule has 5 nitrogen and oxygen atoms in total. The molecule has 1 heterocycles. The van der Waals surface area contributed by atoms with E-state index < -0.39 is 5.60 Å². The van der Waals surface area contributed by atoms with E-state index in [1.54, 1.807) is 6.92 Å². The van der Waals surface area contributed by atoms with Gasteiger partial charge in [-0.3, -0.25) is 0 Å². The first-order valence-corrected chi connectivity index (χ1v) is 8.55. The fourth-order valence-corrected chi connectivity index (χ4v) is 2.85. The molecular formula is C18H29N3O2. The maximum atomic E-state index is 12.2. The van der Waals surface area contributed by atoms with Crippen molar-refractivity contribution in [2.45, 2.75) is 45.6 Å². The minimum Gasteiger partial charge on any atom is -0.388 e. The minimum atomic E-state index is -0.902. The molecule has 2 atom stereocenters. The van der Waals surface area contributed by atoms with Crippen LogP contribution in [0.25, 0.3) is 0 Å². The highest BCUT2D eigenvalue weighted by Gasteiger charge is 2.27. The van der Waals surface area contributed by atoms with Crippen LogP contribution in [0.3, 0.4) is 0 Å². The molecular weight excluding hydrogens is 290 g/mol. The number of aliphatic hydroxyl groups is 1. The van der Waals surface area contributed by atoms with E-state index in [2.05, 4.69) is 15.5 Å². The van der Waals surface area contributed by atoms with Crippen LogP contribution in [0.15, 0.2) is 24.3 Å². The molecule has 0 spiro atoms. The minimum absolute atomic E-state index is 0.125. The summed E-state index contributed by atoms with van der Waals surface area (Å²) < 4.78 is 0. The number of anilines is 2. The van der Waals surface area contributed by atoms with Crippen molar-refractivity contribution in [2.75, 3.05) is 29.9 Å². The molecule has 1 saturated heterocycles. The van der Waals surface area contributed by atoms with E-state index in [0.29, 0.717) is 0 Å². The summed E-state index contributed by atoms with van der Waals surface area (Å²) in [5.74, 6) is 0.125. The quantitative estimate of drug-likeness (QED) is 0.754. The monoisotopic (exact) mass is 319 g/mol. The third-order valence-corrected chi connectivity index (χ3v) is 4.88. The Labute approximate surface area is 139 Å². The van der Waals surface area contributed by atoms with Gasteiger partial charge in [-0.25, -0.2) is 4.79 Å². The van der Waals surface area contributed by atoms with E-state index in [1.807, 2.05) is 38.1 Å². The topological polar surface area (TPSA) is 64.6 Å². The first kappa shape index (κ1) is 17.6. The average Bonchev–Trinajstić information content (AvgIpc) is 3.07. The molecule has 5 heteroatoms. The maximum Gasteiger partial charge on any atom is 0.319 e. The zero-order chi connectivity index (χ0) is 16.9. The molecule has 0 aliphatic carbocycles. The van der Waals surface area contributed by atoms with Crippen LogP contribution in [0.4, 0.5) is 16.2 Å². The molecule has 0 radical (unpaired) electrons. The van der Waals surface area contributed by atoms with E-state index >= 15 is 0 Å². The summed E-state index contributed by atoms with van der Waals surface area (Å²) in [6, 6.07) is 7.59. The largest absolute Gasteiger partial charge is 0.388 e. The molecule has 0 bridgehead atoms. The summed E-state index contributed by atoms with van der Waals surface area (Å²) in [6.07, 6.45) is 3.25. The van der Waals surface area contributed by atoms with Crippen molar-refractivity contribution in [3.63, 3.8) is 0 Å². The fourth-order valence-electron chi connectivity index (χ4n) is 2.85. The summed E-state index contributed by atoms with van der Waals surface area (Å²) in [5, 5.41) is 16.1. The Morgan fingerprint density at radius 2 is 2.00 bits per heavy atom. The lowest BCUT2D eigenvalue weighted by atomic mass is 9.89. The Bertz CT molecular complexity index is 525. The van der Waals surface area contributed by atoms with Crippen molar-refractivity contribution in [1.82, 2.24) is 5.32 Å². The number of hydrogen-bond donors (Lipinski definition) is 3. The van der Waals surface area contributed by atoms with Gasteiger partial charge in [-0.05, 0) is 37.8 Å². The Balaban J connectivity index is 1.95. The zero-order valence-electron chi connectivity index (χ0n) is 14.4. The number of urea groups is 1. The third kappa shape index (κ3) is 4.61. The van der Waals surface area contributed by atoms with Gasteiger partial charge < -0.3 is 20.6 Å². The lowest BCUT2D eigenvalue weighted by Crippen LogP contribution is -2.46. The maximum absolute atomic E-state index is 12.2. The van der Waals surface area contributed by atoms with Gasteiger partial charge in [-0.15, -0.1) is 0 Å². The number of rotatable bonds is 6. The lowest BCUT2D eigenvalue weighted by molar-refractivity contribution is 0.00827. The summed E-state index contributed by atoms with van der Waals surface area (Å²) in [4.78, 5) is 14.5. The molecule has 2 unspecified atom stereocenters. The highest BCUT2D eigenvalue weighted by molar-refractivity contribution is 5.93. The van der Waals surface area contributed by atoms with Crippen LogP contribution in [-0.4, -0.2) is 36.4 Å². The van der Waals surface area contributed by atoms with Crippen molar-refractivity contribution in [2.24, 2.45) is 5.92 Å². The van der Waals surface area contributed by atoms with Gasteiger partial charge in [0.1, 0.15) is 0 Å². The molecule has 23 heavy (non-hydrogen) atoms. The predicted octanol–water partition coefficient (Wildman–Crippen LogP) is 3.21. The number of carbonyl (C=O) groups excluding carboxylic acids is 1. The van der Waals surface area contributed by atoms with Gasteiger partial charge in [-0.1, -0.05) is 32.4 Å². The van der Waals surface area contributed by atoms with Gasteiger partial charge in [0.2, 0.25) is 0 Å². The normalized spacial score (nSPS) is 18.3. The number of para-hydroxylation sites is 2. The van der Waals surface area contributed by atoms with E-state index in [1.165, 1.54) is 12.8 Å². The number of benzene rings is 1. The third-order valence-electron chi connectivity index (χ3n) is 4.88. The van der Waals surface area contributed by atoms with Gasteiger partial charge in [-0.2, -0.15) is 0 Å².